The topological polar surface area (TPSA) is 24.7 Å². The van der Waals surface area contributed by atoms with Gasteiger partial charge in [0.1, 0.15) is 0 Å². The maximum absolute atomic E-state index is 4.57. The van der Waals surface area contributed by atoms with Gasteiger partial charge in [-0.25, -0.2) is 9.98 Å². The molecule has 0 aromatic rings. The van der Waals surface area contributed by atoms with Gasteiger partial charge in [0.15, 0.2) is 0 Å². The van der Waals surface area contributed by atoms with E-state index >= 15 is 0 Å². The Morgan fingerprint density at radius 1 is 0.923 bits per heavy atom. The number of nitrogens with zero attached hydrogens (tertiary/aromatic N) is 2. The second kappa shape index (κ2) is 4.73. The van der Waals surface area contributed by atoms with Crippen LogP contribution in [0.1, 0.15) is 34.1 Å². The molecule has 0 bridgehead atoms. The standard InChI is InChI=1S/C9H14N2S2/c1-8(2,10-6-12)5-9(3,4)11-7-13/h5H2,1-4H3. The van der Waals surface area contributed by atoms with Crippen LogP contribution in [-0.4, -0.2) is 21.4 Å². The Hall–Kier alpha value is -0.400. The van der Waals surface area contributed by atoms with Crippen molar-refractivity contribution in [2.75, 3.05) is 0 Å². The van der Waals surface area contributed by atoms with Crippen LogP contribution in [-0.2, 0) is 0 Å². The van der Waals surface area contributed by atoms with Gasteiger partial charge in [-0.15, -0.1) is 0 Å². The lowest BCUT2D eigenvalue weighted by atomic mass is 9.88. The minimum atomic E-state index is -0.235. The fourth-order valence-electron chi connectivity index (χ4n) is 1.38. The Morgan fingerprint density at radius 2 is 1.23 bits per heavy atom. The summed E-state index contributed by atoms with van der Waals surface area (Å²) in [4.78, 5) is 8.13. The van der Waals surface area contributed by atoms with E-state index in [1.54, 1.807) is 0 Å². The van der Waals surface area contributed by atoms with Crippen LogP contribution in [0.5, 0.6) is 0 Å². The van der Waals surface area contributed by atoms with Gasteiger partial charge in [0.05, 0.1) is 21.4 Å². The number of hydrogen-bond donors (Lipinski definition) is 0. The highest BCUT2D eigenvalue weighted by Gasteiger charge is 2.27. The van der Waals surface area contributed by atoms with Gasteiger partial charge < -0.3 is 0 Å². The molecule has 0 rings (SSSR count). The number of rotatable bonds is 4. The zero-order chi connectivity index (χ0) is 10.5. The molecule has 0 unspecified atom stereocenters. The van der Waals surface area contributed by atoms with Gasteiger partial charge in [-0.1, -0.05) is 0 Å². The molecule has 0 spiro atoms. The van der Waals surface area contributed by atoms with Crippen molar-refractivity contribution in [3.8, 4) is 0 Å². The highest BCUT2D eigenvalue weighted by molar-refractivity contribution is 7.78. The van der Waals surface area contributed by atoms with Crippen LogP contribution < -0.4 is 0 Å². The molecule has 0 heterocycles. The van der Waals surface area contributed by atoms with Crippen LogP contribution >= 0.6 is 24.4 Å². The van der Waals surface area contributed by atoms with E-state index in [1.807, 2.05) is 27.7 Å². The molecule has 13 heavy (non-hydrogen) atoms. The fourth-order valence-corrected chi connectivity index (χ4v) is 1.88. The Labute approximate surface area is 90.2 Å². The van der Waals surface area contributed by atoms with Gasteiger partial charge >= 0.3 is 0 Å². The Balaban J connectivity index is 4.59. The average molecular weight is 214 g/mol. The number of hydrogen-bond acceptors (Lipinski definition) is 4. The molecule has 0 aromatic heterocycles. The summed E-state index contributed by atoms with van der Waals surface area (Å²) in [6.07, 6.45) is 0.771. The summed E-state index contributed by atoms with van der Waals surface area (Å²) in [5.74, 6) is 0. The van der Waals surface area contributed by atoms with Crippen molar-refractivity contribution < 1.29 is 0 Å². The highest BCUT2D eigenvalue weighted by atomic mass is 32.1. The van der Waals surface area contributed by atoms with E-state index in [1.165, 1.54) is 0 Å². The minimum Gasteiger partial charge on any atom is -0.226 e. The van der Waals surface area contributed by atoms with E-state index in [4.69, 9.17) is 0 Å². The molecule has 4 heteroatoms. The summed E-state index contributed by atoms with van der Waals surface area (Å²) >= 11 is 9.14. The number of aliphatic imine (C=N–C) groups is 2. The molecule has 0 radical (unpaired) electrons. The second-order valence-corrected chi connectivity index (χ2v) is 4.57. The predicted octanol–water partition coefficient (Wildman–Crippen LogP) is 3.14. The lowest BCUT2D eigenvalue weighted by Gasteiger charge is -2.27. The van der Waals surface area contributed by atoms with E-state index in [0.717, 1.165) is 6.42 Å². The molecular formula is C9H14N2S2. The normalized spacial score (nSPS) is 11.4. The highest BCUT2D eigenvalue weighted by Crippen LogP contribution is 2.25. The van der Waals surface area contributed by atoms with Crippen molar-refractivity contribution in [3.63, 3.8) is 0 Å². The Morgan fingerprint density at radius 3 is 1.46 bits per heavy atom. The first-order chi connectivity index (χ1) is 5.83. The van der Waals surface area contributed by atoms with Crippen molar-refractivity contribution in [1.82, 2.24) is 0 Å². The zero-order valence-electron chi connectivity index (χ0n) is 8.42. The third kappa shape index (κ3) is 5.78. The van der Waals surface area contributed by atoms with Crippen molar-refractivity contribution in [1.29, 1.82) is 0 Å². The lowest BCUT2D eigenvalue weighted by Crippen LogP contribution is -2.29. The quantitative estimate of drug-likeness (QED) is 0.530. The van der Waals surface area contributed by atoms with Gasteiger partial charge in [0, 0.05) is 0 Å². The molecule has 2 nitrogen and oxygen atoms in total. The van der Waals surface area contributed by atoms with Crippen molar-refractivity contribution in [2.45, 2.75) is 45.2 Å². The van der Waals surface area contributed by atoms with E-state index in [2.05, 4.69) is 44.7 Å². The maximum atomic E-state index is 4.57. The predicted molar refractivity (Wildman–Crippen MR) is 62.8 cm³/mol. The first-order valence-corrected chi connectivity index (χ1v) is 4.83. The summed E-state index contributed by atoms with van der Waals surface area (Å²) in [5.41, 5.74) is -0.470. The van der Waals surface area contributed by atoms with Crippen LogP contribution in [0.4, 0.5) is 0 Å². The average Bonchev–Trinajstić information content (AvgIpc) is 1.82. The van der Waals surface area contributed by atoms with Crippen LogP contribution in [0.15, 0.2) is 9.98 Å². The van der Waals surface area contributed by atoms with E-state index in [9.17, 15) is 0 Å². The van der Waals surface area contributed by atoms with Crippen LogP contribution in [0.25, 0.3) is 0 Å². The summed E-state index contributed by atoms with van der Waals surface area (Å²) in [6, 6.07) is 0. The molecule has 0 aliphatic heterocycles. The van der Waals surface area contributed by atoms with Gasteiger partial charge in [-0.2, -0.15) is 0 Å². The first kappa shape index (κ1) is 12.6. The summed E-state index contributed by atoms with van der Waals surface area (Å²) in [7, 11) is 0. The molecule has 72 valence electrons. The molecule has 0 aliphatic rings. The largest absolute Gasteiger partial charge is 0.226 e. The Kier molecular flexibility index (Phi) is 4.58. The lowest BCUT2D eigenvalue weighted by molar-refractivity contribution is 0.359. The fraction of sp³-hybridized carbons (Fsp3) is 0.778. The summed E-state index contributed by atoms with van der Waals surface area (Å²) in [6.45, 7) is 7.97. The van der Waals surface area contributed by atoms with Crippen molar-refractivity contribution >= 4 is 34.8 Å². The molecule has 0 N–H and O–H groups in total. The molecule has 0 aliphatic carbocycles. The van der Waals surface area contributed by atoms with Crippen LogP contribution in [0.2, 0.25) is 0 Å². The Bertz CT molecular complexity index is 241. The summed E-state index contributed by atoms with van der Waals surface area (Å²) < 4.78 is 0. The van der Waals surface area contributed by atoms with Crippen molar-refractivity contribution in [3.05, 3.63) is 0 Å². The molecule has 0 saturated heterocycles. The monoisotopic (exact) mass is 214 g/mol. The number of thiocarbonyl (C=S) groups is 2. The molecule has 0 atom stereocenters. The number of isothiocyanates is 2. The van der Waals surface area contributed by atoms with Crippen molar-refractivity contribution in [2.24, 2.45) is 9.98 Å². The maximum Gasteiger partial charge on any atom is 0.0678 e. The molecular weight excluding hydrogens is 200 g/mol. The SMILES string of the molecule is CC(C)(CC(C)(C)N=C=S)N=C=S. The molecule has 0 saturated carbocycles. The van der Waals surface area contributed by atoms with Gasteiger partial charge in [0.25, 0.3) is 0 Å². The third-order valence-corrected chi connectivity index (χ3v) is 1.74. The molecule has 0 amide bonds. The van der Waals surface area contributed by atoms with Crippen LogP contribution in [0, 0.1) is 0 Å². The minimum absolute atomic E-state index is 0.235. The summed E-state index contributed by atoms with van der Waals surface area (Å²) in [5, 5.41) is 4.79. The molecule has 0 aromatic carbocycles. The van der Waals surface area contributed by atoms with Gasteiger partial charge in [-0.05, 0) is 58.6 Å². The van der Waals surface area contributed by atoms with Gasteiger partial charge in [-0.3, -0.25) is 0 Å². The second-order valence-electron chi connectivity index (χ2n) is 4.21. The van der Waals surface area contributed by atoms with E-state index in [0.29, 0.717) is 0 Å². The third-order valence-electron chi connectivity index (χ3n) is 1.56. The van der Waals surface area contributed by atoms with Gasteiger partial charge in [0.2, 0.25) is 0 Å². The van der Waals surface area contributed by atoms with E-state index in [-0.39, 0.29) is 11.1 Å². The zero-order valence-corrected chi connectivity index (χ0v) is 10.1. The van der Waals surface area contributed by atoms with Crippen LogP contribution in [0.3, 0.4) is 0 Å². The first-order valence-electron chi connectivity index (χ1n) is 4.01. The molecule has 0 fully saturated rings. The van der Waals surface area contributed by atoms with E-state index < -0.39 is 0 Å². The smallest absolute Gasteiger partial charge is 0.0678 e.